The Morgan fingerprint density at radius 3 is 2.72 bits per heavy atom. The van der Waals surface area contributed by atoms with Crippen LogP contribution >= 0.6 is 0 Å². The monoisotopic (exact) mass is 245 g/mol. The maximum absolute atomic E-state index is 5.35. The SMILES string of the molecule is C#CCN(CC)c1ccc(C(C)NCCC)cn1. The minimum Gasteiger partial charge on any atom is -0.346 e. The number of anilines is 1. The molecular formula is C15H23N3. The smallest absolute Gasteiger partial charge is 0.129 e. The predicted octanol–water partition coefficient (Wildman–Crippen LogP) is 2.60. The van der Waals surface area contributed by atoms with Gasteiger partial charge in [-0.2, -0.15) is 0 Å². The number of nitrogens with one attached hydrogen (secondary N) is 1. The molecule has 0 aliphatic rings. The molecule has 1 rings (SSSR count). The van der Waals surface area contributed by atoms with E-state index in [2.05, 4.69) is 48.0 Å². The molecule has 1 atom stereocenters. The summed E-state index contributed by atoms with van der Waals surface area (Å²) in [7, 11) is 0. The second kappa shape index (κ2) is 7.73. The molecule has 0 radical (unpaired) electrons. The van der Waals surface area contributed by atoms with Crippen LogP contribution in [-0.4, -0.2) is 24.6 Å². The van der Waals surface area contributed by atoms with Crippen molar-refractivity contribution in [2.45, 2.75) is 33.2 Å². The van der Waals surface area contributed by atoms with Crippen molar-refractivity contribution in [1.29, 1.82) is 0 Å². The molecule has 1 aromatic rings. The zero-order chi connectivity index (χ0) is 13.4. The topological polar surface area (TPSA) is 28.2 Å². The average molecular weight is 245 g/mol. The van der Waals surface area contributed by atoms with Crippen molar-refractivity contribution in [2.75, 3.05) is 24.5 Å². The molecular weight excluding hydrogens is 222 g/mol. The third-order valence-electron chi connectivity index (χ3n) is 2.96. The van der Waals surface area contributed by atoms with Crippen LogP contribution < -0.4 is 10.2 Å². The van der Waals surface area contributed by atoms with Gasteiger partial charge in [0.1, 0.15) is 5.82 Å². The Balaban J connectivity index is 2.70. The van der Waals surface area contributed by atoms with E-state index in [1.165, 1.54) is 5.56 Å². The van der Waals surface area contributed by atoms with Crippen LogP contribution in [0.15, 0.2) is 18.3 Å². The summed E-state index contributed by atoms with van der Waals surface area (Å²) in [6.45, 7) is 8.91. The fraction of sp³-hybridized carbons (Fsp3) is 0.533. The Morgan fingerprint density at radius 1 is 1.44 bits per heavy atom. The highest BCUT2D eigenvalue weighted by Gasteiger charge is 2.07. The predicted molar refractivity (Wildman–Crippen MR) is 77.7 cm³/mol. The van der Waals surface area contributed by atoms with Gasteiger partial charge in [-0.3, -0.25) is 0 Å². The zero-order valence-electron chi connectivity index (χ0n) is 11.6. The Morgan fingerprint density at radius 2 is 2.22 bits per heavy atom. The van der Waals surface area contributed by atoms with Gasteiger partial charge in [0, 0.05) is 18.8 Å². The molecule has 1 aromatic heterocycles. The minimum atomic E-state index is 0.342. The van der Waals surface area contributed by atoms with Gasteiger partial charge in [0.2, 0.25) is 0 Å². The summed E-state index contributed by atoms with van der Waals surface area (Å²) in [6.07, 6.45) is 8.42. The van der Waals surface area contributed by atoms with Gasteiger partial charge in [0.05, 0.1) is 6.54 Å². The number of rotatable bonds is 7. The van der Waals surface area contributed by atoms with E-state index in [4.69, 9.17) is 6.42 Å². The first-order chi connectivity index (χ1) is 8.72. The molecule has 0 spiro atoms. The molecule has 0 aliphatic carbocycles. The van der Waals surface area contributed by atoms with Gasteiger partial charge in [0.25, 0.3) is 0 Å². The summed E-state index contributed by atoms with van der Waals surface area (Å²) in [6, 6.07) is 4.50. The molecule has 0 amide bonds. The van der Waals surface area contributed by atoms with E-state index in [1.54, 1.807) is 0 Å². The Hall–Kier alpha value is -1.53. The molecule has 98 valence electrons. The van der Waals surface area contributed by atoms with Crippen molar-refractivity contribution < 1.29 is 0 Å². The molecule has 0 saturated carbocycles. The molecule has 18 heavy (non-hydrogen) atoms. The number of hydrogen-bond acceptors (Lipinski definition) is 3. The summed E-state index contributed by atoms with van der Waals surface area (Å²) in [5.74, 6) is 3.60. The van der Waals surface area contributed by atoms with E-state index in [0.29, 0.717) is 12.6 Å². The van der Waals surface area contributed by atoms with Gasteiger partial charge in [-0.1, -0.05) is 18.9 Å². The van der Waals surface area contributed by atoms with Crippen LogP contribution in [0.3, 0.4) is 0 Å². The summed E-state index contributed by atoms with van der Waals surface area (Å²) < 4.78 is 0. The van der Waals surface area contributed by atoms with E-state index in [9.17, 15) is 0 Å². The quantitative estimate of drug-likeness (QED) is 0.748. The lowest BCUT2D eigenvalue weighted by Crippen LogP contribution is -2.24. The lowest BCUT2D eigenvalue weighted by atomic mass is 10.1. The lowest BCUT2D eigenvalue weighted by Gasteiger charge is -2.20. The van der Waals surface area contributed by atoms with Gasteiger partial charge >= 0.3 is 0 Å². The maximum atomic E-state index is 5.35. The van der Waals surface area contributed by atoms with Crippen molar-refractivity contribution >= 4 is 5.82 Å². The summed E-state index contributed by atoms with van der Waals surface area (Å²) in [5, 5.41) is 3.45. The van der Waals surface area contributed by atoms with Gasteiger partial charge in [0.15, 0.2) is 0 Å². The van der Waals surface area contributed by atoms with Crippen LogP contribution in [0.25, 0.3) is 0 Å². The van der Waals surface area contributed by atoms with E-state index < -0.39 is 0 Å². The molecule has 3 nitrogen and oxygen atoms in total. The Labute approximate surface area is 111 Å². The number of terminal acetylenes is 1. The van der Waals surface area contributed by atoms with E-state index in [1.807, 2.05) is 12.3 Å². The van der Waals surface area contributed by atoms with E-state index in [-0.39, 0.29) is 0 Å². The number of nitrogens with zero attached hydrogens (tertiary/aromatic N) is 2. The van der Waals surface area contributed by atoms with Crippen LogP contribution in [0, 0.1) is 12.3 Å². The summed E-state index contributed by atoms with van der Waals surface area (Å²) in [5.41, 5.74) is 1.21. The summed E-state index contributed by atoms with van der Waals surface area (Å²) >= 11 is 0. The number of pyridine rings is 1. The molecule has 1 N–H and O–H groups in total. The van der Waals surface area contributed by atoms with E-state index in [0.717, 1.165) is 25.3 Å². The molecule has 0 bridgehead atoms. The van der Waals surface area contributed by atoms with Crippen molar-refractivity contribution in [1.82, 2.24) is 10.3 Å². The fourth-order valence-corrected chi connectivity index (χ4v) is 1.78. The Kier molecular flexibility index (Phi) is 6.24. The second-order valence-corrected chi connectivity index (χ2v) is 4.34. The van der Waals surface area contributed by atoms with Crippen LogP contribution in [0.4, 0.5) is 5.82 Å². The molecule has 0 aromatic carbocycles. The number of aromatic nitrogens is 1. The van der Waals surface area contributed by atoms with Gasteiger partial charge in [-0.05, 0) is 38.4 Å². The van der Waals surface area contributed by atoms with Crippen molar-refractivity contribution in [3.63, 3.8) is 0 Å². The summed E-state index contributed by atoms with van der Waals surface area (Å²) in [4.78, 5) is 6.57. The van der Waals surface area contributed by atoms with Gasteiger partial charge in [-0.25, -0.2) is 4.98 Å². The number of hydrogen-bond donors (Lipinski definition) is 1. The lowest BCUT2D eigenvalue weighted by molar-refractivity contribution is 0.569. The maximum Gasteiger partial charge on any atom is 0.129 e. The van der Waals surface area contributed by atoms with Crippen molar-refractivity contribution in [3.05, 3.63) is 23.9 Å². The van der Waals surface area contributed by atoms with Crippen LogP contribution in [0.1, 0.15) is 38.8 Å². The Bertz CT molecular complexity index is 378. The molecule has 0 fully saturated rings. The van der Waals surface area contributed by atoms with Gasteiger partial charge in [-0.15, -0.1) is 6.42 Å². The largest absolute Gasteiger partial charge is 0.346 e. The third-order valence-corrected chi connectivity index (χ3v) is 2.96. The first kappa shape index (κ1) is 14.5. The van der Waals surface area contributed by atoms with Crippen LogP contribution in [0.2, 0.25) is 0 Å². The van der Waals surface area contributed by atoms with Gasteiger partial charge < -0.3 is 10.2 Å². The highest BCUT2D eigenvalue weighted by Crippen LogP contribution is 2.15. The average Bonchev–Trinajstić information content (AvgIpc) is 2.42. The van der Waals surface area contributed by atoms with Crippen molar-refractivity contribution in [2.24, 2.45) is 0 Å². The molecule has 0 saturated heterocycles. The minimum absolute atomic E-state index is 0.342. The molecule has 1 unspecified atom stereocenters. The highest BCUT2D eigenvalue weighted by molar-refractivity contribution is 5.41. The first-order valence-electron chi connectivity index (χ1n) is 6.60. The van der Waals surface area contributed by atoms with E-state index >= 15 is 0 Å². The highest BCUT2D eigenvalue weighted by atomic mass is 15.2. The molecule has 3 heteroatoms. The third kappa shape index (κ3) is 4.05. The standard InChI is InChI=1S/C15H23N3/c1-5-10-16-13(4)14-8-9-15(17-12-14)18(7-3)11-6-2/h2,8-9,12-13,16H,5,7,10-11H2,1,3-4H3. The molecule has 1 heterocycles. The van der Waals surface area contributed by atoms with Crippen molar-refractivity contribution in [3.8, 4) is 12.3 Å². The zero-order valence-corrected chi connectivity index (χ0v) is 11.6. The first-order valence-corrected chi connectivity index (χ1v) is 6.60. The normalized spacial score (nSPS) is 11.9. The second-order valence-electron chi connectivity index (χ2n) is 4.34. The van der Waals surface area contributed by atoms with Crippen LogP contribution in [-0.2, 0) is 0 Å². The molecule has 0 aliphatic heterocycles. The fourth-order valence-electron chi connectivity index (χ4n) is 1.78. The van der Waals surface area contributed by atoms with Crippen LogP contribution in [0.5, 0.6) is 0 Å².